The molecule has 1 fully saturated rings. The van der Waals surface area contributed by atoms with Crippen LogP contribution in [0.2, 0.25) is 5.02 Å². The summed E-state index contributed by atoms with van der Waals surface area (Å²) < 4.78 is 26.4. The average Bonchev–Trinajstić information content (AvgIpc) is 2.54. The van der Waals surface area contributed by atoms with E-state index in [9.17, 15) is 13.2 Å². The molecular weight excluding hydrogens is 416 g/mol. The molecule has 1 aromatic carbocycles. The van der Waals surface area contributed by atoms with Gasteiger partial charge in [0, 0.05) is 40.5 Å². The molecule has 1 amide bonds. The molecule has 1 aliphatic rings. The maximum atomic E-state index is 12.3. The second kappa shape index (κ2) is 8.47. The fourth-order valence-corrected chi connectivity index (χ4v) is 4.33. The predicted octanol–water partition coefficient (Wildman–Crippen LogP) is 3.09. The number of carbonyl (C=O) groups is 1. The number of nitrogens with one attached hydrogen (secondary N) is 1. The van der Waals surface area contributed by atoms with Crippen molar-refractivity contribution in [2.24, 2.45) is 0 Å². The van der Waals surface area contributed by atoms with Gasteiger partial charge in [-0.15, -0.1) is 0 Å². The zero-order valence-corrected chi connectivity index (χ0v) is 16.3. The number of benzene rings is 1. The van der Waals surface area contributed by atoms with Crippen molar-refractivity contribution in [3.63, 3.8) is 0 Å². The Hall–Kier alpha value is -0.890. The molecule has 1 aliphatic heterocycles. The minimum Gasteiger partial charge on any atom is -0.343 e. The van der Waals surface area contributed by atoms with Gasteiger partial charge in [-0.05, 0) is 37.0 Å². The summed E-state index contributed by atoms with van der Waals surface area (Å²) in [5, 5.41) is 1.56. The number of halogens is 2. The molecule has 0 spiro atoms. The minimum atomic E-state index is -3.42. The summed E-state index contributed by atoms with van der Waals surface area (Å²) in [7, 11) is -3.42. The molecule has 1 aromatic rings. The summed E-state index contributed by atoms with van der Waals surface area (Å²) in [6.07, 6.45) is 2.29. The molecule has 0 saturated carbocycles. The molecule has 5 nitrogen and oxygen atoms in total. The number of nitrogens with zero attached hydrogens (tertiary/aromatic N) is 1. The Balaban J connectivity index is 1.81. The molecule has 8 heteroatoms. The second-order valence-electron chi connectivity index (χ2n) is 5.72. The lowest BCUT2D eigenvalue weighted by Gasteiger charge is -2.32. The third-order valence-corrected chi connectivity index (χ3v) is 6.10. The van der Waals surface area contributed by atoms with Crippen molar-refractivity contribution in [1.82, 2.24) is 9.62 Å². The number of rotatable bonds is 6. The first-order valence-corrected chi connectivity index (χ1v) is 10.4. The van der Waals surface area contributed by atoms with Crippen LogP contribution in [0.4, 0.5) is 0 Å². The van der Waals surface area contributed by atoms with Gasteiger partial charge in [0.15, 0.2) is 0 Å². The smallest absolute Gasteiger partial charge is 0.233 e. The average molecular weight is 436 g/mol. The Kier molecular flexibility index (Phi) is 6.86. The van der Waals surface area contributed by atoms with Crippen LogP contribution in [0.1, 0.15) is 24.8 Å². The third-order valence-electron chi connectivity index (χ3n) is 4.02. The van der Waals surface area contributed by atoms with Crippen LogP contribution in [-0.4, -0.2) is 38.4 Å². The molecule has 1 N–H and O–H groups in total. The van der Waals surface area contributed by atoms with Gasteiger partial charge in [0.25, 0.3) is 0 Å². The molecule has 24 heavy (non-hydrogen) atoms. The van der Waals surface area contributed by atoms with Crippen LogP contribution in [0, 0.1) is 0 Å². The highest BCUT2D eigenvalue weighted by molar-refractivity contribution is 9.10. The predicted molar refractivity (Wildman–Crippen MR) is 99.3 cm³/mol. The lowest BCUT2D eigenvalue weighted by molar-refractivity contribution is -0.132. The Morgan fingerprint density at radius 2 is 2.08 bits per heavy atom. The number of aryl methyl sites for hydroxylation is 1. The van der Waals surface area contributed by atoms with Gasteiger partial charge in [-0.3, -0.25) is 4.79 Å². The number of hydrogen-bond donors (Lipinski definition) is 1. The van der Waals surface area contributed by atoms with Crippen molar-refractivity contribution in [3.8, 4) is 0 Å². The fraction of sp³-hybridized carbons (Fsp3) is 0.438. The molecule has 0 unspecified atom stereocenters. The van der Waals surface area contributed by atoms with Crippen molar-refractivity contribution < 1.29 is 13.2 Å². The number of piperidine rings is 1. The maximum Gasteiger partial charge on any atom is 0.233 e. The van der Waals surface area contributed by atoms with Gasteiger partial charge >= 0.3 is 0 Å². The number of amides is 1. The molecule has 0 aliphatic carbocycles. The van der Waals surface area contributed by atoms with Gasteiger partial charge in [-0.2, -0.15) is 0 Å². The standard InChI is InChI=1S/C16H20BrClN2O3S/c1-2-24(22,23)19-14-7-9-20(10-8-14)16(21)6-4-12-3-5-13(18)11-15(12)17/h2-3,5,11,14,19H,1,4,6-10H2. The molecule has 132 valence electrons. The van der Waals surface area contributed by atoms with Crippen molar-refractivity contribution in [1.29, 1.82) is 0 Å². The number of carbonyl (C=O) groups excluding carboxylic acids is 1. The number of likely N-dealkylation sites (tertiary alicyclic amines) is 1. The van der Waals surface area contributed by atoms with Crippen molar-refractivity contribution >= 4 is 43.5 Å². The minimum absolute atomic E-state index is 0.0851. The largest absolute Gasteiger partial charge is 0.343 e. The van der Waals surface area contributed by atoms with E-state index in [0.29, 0.717) is 43.8 Å². The summed E-state index contributed by atoms with van der Waals surface area (Å²) in [6.45, 7) is 4.40. The quantitative estimate of drug-likeness (QED) is 0.747. The van der Waals surface area contributed by atoms with Crippen molar-refractivity contribution in [2.75, 3.05) is 13.1 Å². The van der Waals surface area contributed by atoms with E-state index in [4.69, 9.17) is 11.6 Å². The lowest BCUT2D eigenvalue weighted by atomic mass is 10.0. The number of hydrogen-bond acceptors (Lipinski definition) is 3. The lowest BCUT2D eigenvalue weighted by Crippen LogP contribution is -2.46. The second-order valence-corrected chi connectivity index (χ2v) is 8.67. The fourth-order valence-electron chi connectivity index (χ4n) is 2.65. The van der Waals surface area contributed by atoms with Gasteiger partial charge in [0.1, 0.15) is 0 Å². The van der Waals surface area contributed by atoms with Gasteiger partial charge in [-0.25, -0.2) is 13.1 Å². The van der Waals surface area contributed by atoms with Gasteiger partial charge < -0.3 is 4.90 Å². The van der Waals surface area contributed by atoms with Gasteiger partial charge in [-0.1, -0.05) is 40.2 Å². The van der Waals surface area contributed by atoms with Crippen LogP contribution in [0.15, 0.2) is 34.7 Å². The highest BCUT2D eigenvalue weighted by Gasteiger charge is 2.24. The number of sulfonamides is 1. The van der Waals surface area contributed by atoms with Crippen LogP contribution in [-0.2, 0) is 21.2 Å². The van der Waals surface area contributed by atoms with E-state index in [0.717, 1.165) is 15.4 Å². The monoisotopic (exact) mass is 434 g/mol. The normalized spacial score (nSPS) is 16.2. The zero-order valence-electron chi connectivity index (χ0n) is 13.2. The third kappa shape index (κ3) is 5.58. The Labute approximate surface area is 156 Å². The van der Waals surface area contributed by atoms with Crippen LogP contribution < -0.4 is 4.72 Å². The molecule has 0 radical (unpaired) electrons. The summed E-state index contributed by atoms with van der Waals surface area (Å²) in [4.78, 5) is 14.1. The summed E-state index contributed by atoms with van der Waals surface area (Å²) in [6, 6.07) is 5.40. The Morgan fingerprint density at radius 1 is 1.42 bits per heavy atom. The van der Waals surface area contributed by atoms with E-state index in [1.54, 1.807) is 4.90 Å². The van der Waals surface area contributed by atoms with E-state index < -0.39 is 10.0 Å². The molecule has 0 atom stereocenters. The van der Waals surface area contributed by atoms with Crippen LogP contribution in [0.25, 0.3) is 0 Å². The van der Waals surface area contributed by atoms with Crippen molar-refractivity contribution in [3.05, 3.63) is 45.2 Å². The van der Waals surface area contributed by atoms with E-state index in [1.165, 1.54) is 0 Å². The van der Waals surface area contributed by atoms with Gasteiger partial charge in [0.05, 0.1) is 0 Å². The van der Waals surface area contributed by atoms with E-state index in [1.807, 2.05) is 18.2 Å². The zero-order chi connectivity index (χ0) is 17.7. The topological polar surface area (TPSA) is 66.5 Å². The Morgan fingerprint density at radius 3 is 2.67 bits per heavy atom. The summed E-state index contributed by atoms with van der Waals surface area (Å²) >= 11 is 9.36. The Bertz CT molecular complexity index is 716. The molecule has 1 saturated heterocycles. The SMILES string of the molecule is C=CS(=O)(=O)NC1CCN(C(=O)CCc2ccc(Cl)cc2Br)CC1. The molecular formula is C16H20BrClN2O3S. The highest BCUT2D eigenvalue weighted by atomic mass is 79.9. The van der Waals surface area contributed by atoms with Crippen LogP contribution in [0.5, 0.6) is 0 Å². The van der Waals surface area contributed by atoms with Crippen LogP contribution >= 0.6 is 27.5 Å². The summed E-state index contributed by atoms with van der Waals surface area (Å²) in [5.41, 5.74) is 1.04. The van der Waals surface area contributed by atoms with E-state index >= 15 is 0 Å². The maximum absolute atomic E-state index is 12.3. The van der Waals surface area contributed by atoms with Gasteiger partial charge in [0.2, 0.25) is 15.9 Å². The first-order chi connectivity index (χ1) is 11.3. The molecule has 0 bridgehead atoms. The summed E-state index contributed by atoms with van der Waals surface area (Å²) in [5.74, 6) is 0.0851. The first kappa shape index (κ1) is 19.4. The van der Waals surface area contributed by atoms with Crippen LogP contribution in [0.3, 0.4) is 0 Å². The van der Waals surface area contributed by atoms with Crippen molar-refractivity contribution in [2.45, 2.75) is 31.7 Å². The molecule has 2 rings (SSSR count). The van der Waals surface area contributed by atoms with E-state index in [-0.39, 0.29) is 11.9 Å². The first-order valence-electron chi connectivity index (χ1n) is 7.67. The molecule has 1 heterocycles. The highest BCUT2D eigenvalue weighted by Crippen LogP contribution is 2.23. The van der Waals surface area contributed by atoms with E-state index in [2.05, 4.69) is 27.2 Å². The molecule has 0 aromatic heterocycles.